The summed E-state index contributed by atoms with van der Waals surface area (Å²) in [5, 5.41) is 3.40. The van der Waals surface area contributed by atoms with Crippen LogP contribution in [0.5, 0.6) is 0 Å². The molecule has 1 aromatic carbocycles. The molecule has 6 heteroatoms. The molecule has 2 aliphatic rings. The normalized spacial score (nSPS) is 17.9. The van der Waals surface area contributed by atoms with Gasteiger partial charge in [-0.25, -0.2) is 0 Å². The van der Waals surface area contributed by atoms with Crippen LogP contribution in [0.15, 0.2) is 29.3 Å². The summed E-state index contributed by atoms with van der Waals surface area (Å²) in [5.74, 6) is 1.90. The van der Waals surface area contributed by atoms with Crippen LogP contribution in [0.25, 0.3) is 0 Å². The second-order valence-corrected chi connectivity index (χ2v) is 7.51. The molecule has 0 unspecified atom stereocenters. The minimum atomic E-state index is 0.234. The predicted octanol–water partition coefficient (Wildman–Crippen LogP) is 2.64. The molecule has 1 saturated carbocycles. The summed E-state index contributed by atoms with van der Waals surface area (Å²) in [6.07, 6.45) is 5.40. The van der Waals surface area contributed by atoms with Gasteiger partial charge in [0.2, 0.25) is 5.91 Å². The van der Waals surface area contributed by atoms with Gasteiger partial charge in [0.05, 0.1) is 6.61 Å². The summed E-state index contributed by atoms with van der Waals surface area (Å²) in [7, 11) is 3.83. The first-order chi connectivity index (χ1) is 13.2. The molecule has 27 heavy (non-hydrogen) atoms. The number of carbonyl (C=O) groups is 1. The maximum atomic E-state index is 12.0. The quantitative estimate of drug-likeness (QED) is 0.433. The highest BCUT2D eigenvalue weighted by molar-refractivity contribution is 5.93. The van der Waals surface area contributed by atoms with Gasteiger partial charge in [0.15, 0.2) is 5.96 Å². The number of nitrogens with zero attached hydrogens (tertiary/aromatic N) is 3. The van der Waals surface area contributed by atoms with E-state index in [-0.39, 0.29) is 5.91 Å². The van der Waals surface area contributed by atoms with Crippen molar-refractivity contribution in [1.29, 1.82) is 0 Å². The van der Waals surface area contributed by atoms with E-state index < -0.39 is 0 Å². The largest absolute Gasteiger partial charge is 0.379 e. The molecule has 1 heterocycles. The number of likely N-dealkylation sites (N-methyl/N-ethyl adjacent to an activating group) is 1. The third kappa shape index (κ3) is 5.96. The van der Waals surface area contributed by atoms with E-state index in [1.807, 2.05) is 24.1 Å². The Balaban J connectivity index is 1.43. The molecule has 0 radical (unpaired) electrons. The number of amides is 1. The monoisotopic (exact) mass is 372 g/mol. The molecule has 1 N–H and O–H groups in total. The third-order valence-corrected chi connectivity index (χ3v) is 5.22. The highest BCUT2D eigenvalue weighted by Gasteiger charge is 2.21. The van der Waals surface area contributed by atoms with Gasteiger partial charge in [-0.05, 0) is 49.3 Å². The van der Waals surface area contributed by atoms with Crippen LogP contribution >= 0.6 is 0 Å². The van der Waals surface area contributed by atoms with Crippen molar-refractivity contribution in [2.75, 3.05) is 45.3 Å². The molecule has 1 amide bonds. The summed E-state index contributed by atoms with van der Waals surface area (Å²) in [6.45, 7) is 3.98. The Morgan fingerprint density at radius 1 is 1.30 bits per heavy atom. The van der Waals surface area contributed by atoms with E-state index >= 15 is 0 Å². The van der Waals surface area contributed by atoms with Crippen LogP contribution in [0.4, 0.5) is 5.69 Å². The number of aliphatic imine (C=N–C) groups is 1. The Morgan fingerprint density at radius 3 is 2.74 bits per heavy atom. The number of benzene rings is 1. The lowest BCUT2D eigenvalue weighted by molar-refractivity contribution is -0.119. The average Bonchev–Trinajstić information content (AvgIpc) is 3.51. The topological polar surface area (TPSA) is 57.2 Å². The number of guanidine groups is 1. The summed E-state index contributed by atoms with van der Waals surface area (Å²) >= 11 is 0. The molecule has 1 aromatic rings. The van der Waals surface area contributed by atoms with Crippen molar-refractivity contribution in [3.63, 3.8) is 0 Å². The Morgan fingerprint density at radius 2 is 2.07 bits per heavy atom. The number of piperidine rings is 1. The Labute approximate surface area is 162 Å². The lowest BCUT2D eigenvalue weighted by atomic mass is 10.1. The number of hydrogen-bond donors (Lipinski definition) is 1. The number of anilines is 1. The Bertz CT molecular complexity index is 640. The van der Waals surface area contributed by atoms with Crippen molar-refractivity contribution >= 4 is 17.6 Å². The van der Waals surface area contributed by atoms with E-state index in [0.717, 1.165) is 56.7 Å². The second kappa shape index (κ2) is 9.74. The lowest BCUT2D eigenvalue weighted by Crippen LogP contribution is -2.40. The zero-order chi connectivity index (χ0) is 19.1. The molecular formula is C21H32N4O2. The van der Waals surface area contributed by atoms with Crippen molar-refractivity contribution in [3.05, 3.63) is 29.8 Å². The van der Waals surface area contributed by atoms with Crippen LogP contribution in [-0.2, 0) is 16.1 Å². The smallest absolute Gasteiger partial charge is 0.226 e. The fourth-order valence-corrected chi connectivity index (χ4v) is 3.28. The number of hydrogen-bond acceptors (Lipinski definition) is 3. The zero-order valence-electron chi connectivity index (χ0n) is 16.6. The van der Waals surface area contributed by atoms with Crippen LogP contribution < -0.4 is 10.2 Å². The summed E-state index contributed by atoms with van der Waals surface area (Å²) < 4.78 is 5.71. The van der Waals surface area contributed by atoms with E-state index in [1.165, 1.54) is 18.4 Å². The van der Waals surface area contributed by atoms with Crippen molar-refractivity contribution in [1.82, 2.24) is 10.2 Å². The molecule has 1 saturated heterocycles. The van der Waals surface area contributed by atoms with Gasteiger partial charge in [-0.3, -0.25) is 9.79 Å². The van der Waals surface area contributed by atoms with Gasteiger partial charge >= 0.3 is 0 Å². The van der Waals surface area contributed by atoms with Gasteiger partial charge in [0.25, 0.3) is 0 Å². The van der Waals surface area contributed by atoms with Crippen LogP contribution in [0.3, 0.4) is 0 Å². The van der Waals surface area contributed by atoms with Gasteiger partial charge in [-0.15, -0.1) is 0 Å². The maximum absolute atomic E-state index is 12.0. The highest BCUT2D eigenvalue weighted by atomic mass is 16.5. The summed E-state index contributed by atoms with van der Waals surface area (Å²) in [6, 6.07) is 8.24. The van der Waals surface area contributed by atoms with Crippen LogP contribution in [-0.4, -0.2) is 57.2 Å². The van der Waals surface area contributed by atoms with Gasteiger partial charge in [-0.1, -0.05) is 12.1 Å². The zero-order valence-corrected chi connectivity index (χ0v) is 16.6. The molecule has 6 nitrogen and oxygen atoms in total. The van der Waals surface area contributed by atoms with Gasteiger partial charge in [-0.2, -0.15) is 0 Å². The fraction of sp³-hybridized carbons (Fsp3) is 0.619. The van der Waals surface area contributed by atoms with E-state index in [1.54, 1.807) is 7.05 Å². The first-order valence-electron chi connectivity index (χ1n) is 10.1. The molecule has 3 rings (SSSR count). The van der Waals surface area contributed by atoms with Crippen LogP contribution in [0, 0.1) is 5.92 Å². The third-order valence-electron chi connectivity index (χ3n) is 5.22. The molecule has 1 aliphatic carbocycles. The Hall–Kier alpha value is -2.08. The highest BCUT2D eigenvalue weighted by Crippen LogP contribution is 2.28. The minimum Gasteiger partial charge on any atom is -0.379 e. The Kier molecular flexibility index (Phi) is 7.10. The second-order valence-electron chi connectivity index (χ2n) is 7.51. The molecular weight excluding hydrogens is 340 g/mol. The summed E-state index contributed by atoms with van der Waals surface area (Å²) in [5.41, 5.74) is 2.17. The van der Waals surface area contributed by atoms with Gasteiger partial charge < -0.3 is 19.9 Å². The van der Waals surface area contributed by atoms with Gasteiger partial charge in [0.1, 0.15) is 0 Å². The van der Waals surface area contributed by atoms with E-state index in [2.05, 4.69) is 27.3 Å². The molecule has 0 spiro atoms. The van der Waals surface area contributed by atoms with E-state index in [4.69, 9.17) is 4.74 Å². The number of carbonyl (C=O) groups excluding carboxylic acids is 1. The van der Waals surface area contributed by atoms with E-state index in [0.29, 0.717) is 13.0 Å². The van der Waals surface area contributed by atoms with Crippen LogP contribution in [0.2, 0.25) is 0 Å². The molecule has 0 atom stereocenters. The number of ether oxygens (including phenoxy) is 1. The van der Waals surface area contributed by atoms with Gasteiger partial charge in [0, 0.05) is 52.4 Å². The average molecular weight is 373 g/mol. The van der Waals surface area contributed by atoms with Crippen molar-refractivity contribution in [3.8, 4) is 0 Å². The summed E-state index contributed by atoms with van der Waals surface area (Å²) in [4.78, 5) is 20.4. The molecule has 0 bridgehead atoms. The SMILES string of the molecule is CN=C(NCc1ccc(N2CCCCC2=O)cc1)N(C)CCOCC1CC1. The number of rotatable bonds is 8. The first-order valence-corrected chi connectivity index (χ1v) is 10.1. The first kappa shape index (κ1) is 19.7. The molecule has 2 fully saturated rings. The molecule has 148 valence electrons. The number of nitrogens with one attached hydrogen (secondary N) is 1. The van der Waals surface area contributed by atoms with Crippen molar-refractivity contribution < 1.29 is 9.53 Å². The van der Waals surface area contributed by atoms with Crippen molar-refractivity contribution in [2.45, 2.75) is 38.6 Å². The molecule has 0 aromatic heterocycles. The van der Waals surface area contributed by atoms with Crippen molar-refractivity contribution in [2.24, 2.45) is 10.9 Å². The lowest BCUT2D eigenvalue weighted by Gasteiger charge is -2.27. The molecule has 1 aliphatic heterocycles. The maximum Gasteiger partial charge on any atom is 0.226 e. The van der Waals surface area contributed by atoms with Crippen LogP contribution in [0.1, 0.15) is 37.7 Å². The standard InChI is InChI=1S/C21H32N4O2/c1-22-21(24(2)13-14-27-16-18-6-7-18)23-15-17-8-10-19(11-9-17)25-12-4-3-5-20(25)26/h8-11,18H,3-7,12-16H2,1-2H3,(H,22,23). The predicted molar refractivity (Wildman–Crippen MR) is 109 cm³/mol. The van der Waals surface area contributed by atoms with E-state index in [9.17, 15) is 4.79 Å². The minimum absolute atomic E-state index is 0.234. The fourth-order valence-electron chi connectivity index (χ4n) is 3.28.